The van der Waals surface area contributed by atoms with E-state index in [0.29, 0.717) is 15.6 Å². The van der Waals surface area contributed by atoms with Crippen LogP contribution in [0.1, 0.15) is 22.9 Å². The molecule has 2 rings (SSSR count). The smallest absolute Gasteiger partial charge is 0.107 e. The second-order valence-electron chi connectivity index (χ2n) is 3.75. The summed E-state index contributed by atoms with van der Waals surface area (Å²) in [7, 11) is 0. The van der Waals surface area contributed by atoms with E-state index in [-0.39, 0.29) is 0 Å². The summed E-state index contributed by atoms with van der Waals surface area (Å²) >= 11 is 12.0. The van der Waals surface area contributed by atoms with Crippen LogP contribution in [0.3, 0.4) is 0 Å². The summed E-state index contributed by atoms with van der Waals surface area (Å²) in [6.07, 6.45) is 0.875. The molecule has 17 heavy (non-hydrogen) atoms. The molecule has 0 aliphatic rings. The second-order valence-corrected chi connectivity index (χ2v) is 4.59. The van der Waals surface area contributed by atoms with Crippen LogP contribution in [-0.4, -0.2) is 10.1 Å². The highest BCUT2D eigenvalue weighted by Gasteiger charge is 2.16. The normalized spacial score (nSPS) is 12.5. The topological polar surface area (TPSA) is 33.1 Å². The molecule has 0 fully saturated rings. The fourth-order valence-corrected chi connectivity index (χ4v) is 2.08. The number of hydrogen-bond donors (Lipinski definition) is 1. The highest BCUT2D eigenvalue weighted by molar-refractivity contribution is 6.33. The first-order valence-corrected chi connectivity index (χ1v) is 5.89. The van der Waals surface area contributed by atoms with Crippen molar-refractivity contribution in [3.05, 3.63) is 63.4 Å². The van der Waals surface area contributed by atoms with E-state index < -0.39 is 6.10 Å². The van der Waals surface area contributed by atoms with E-state index in [1.54, 1.807) is 30.5 Å². The van der Waals surface area contributed by atoms with Crippen molar-refractivity contribution < 1.29 is 5.11 Å². The molecule has 1 aromatic carbocycles. The lowest BCUT2D eigenvalue weighted by atomic mass is 10.0. The van der Waals surface area contributed by atoms with Crippen molar-refractivity contribution in [2.45, 2.75) is 13.0 Å². The van der Waals surface area contributed by atoms with E-state index in [2.05, 4.69) is 4.98 Å². The molecule has 88 valence electrons. The standard InChI is InChI=1S/C13H11Cl2NO/c1-8-10(3-2-6-16-8)13(17)11-7-9(14)4-5-12(11)15/h2-7,13,17H,1H3. The van der Waals surface area contributed by atoms with Gasteiger partial charge in [-0.3, -0.25) is 4.98 Å². The number of aryl methyl sites for hydroxylation is 1. The summed E-state index contributed by atoms with van der Waals surface area (Å²) < 4.78 is 0. The van der Waals surface area contributed by atoms with Crippen LogP contribution < -0.4 is 0 Å². The molecular formula is C13H11Cl2NO. The monoisotopic (exact) mass is 267 g/mol. The SMILES string of the molecule is Cc1ncccc1C(O)c1cc(Cl)ccc1Cl. The van der Waals surface area contributed by atoms with Crippen LogP contribution in [0.25, 0.3) is 0 Å². The molecule has 0 aliphatic carbocycles. The molecule has 1 unspecified atom stereocenters. The Morgan fingerprint density at radius 2 is 1.94 bits per heavy atom. The summed E-state index contributed by atoms with van der Waals surface area (Å²) in [5, 5.41) is 11.3. The maximum atomic E-state index is 10.3. The molecular weight excluding hydrogens is 257 g/mol. The molecule has 0 saturated heterocycles. The van der Waals surface area contributed by atoms with Gasteiger partial charge in [0, 0.05) is 33.1 Å². The Hall–Kier alpha value is -1.09. The molecule has 0 bridgehead atoms. The molecule has 1 aromatic heterocycles. The van der Waals surface area contributed by atoms with Gasteiger partial charge in [-0.15, -0.1) is 0 Å². The molecule has 2 nitrogen and oxygen atoms in total. The zero-order valence-corrected chi connectivity index (χ0v) is 10.7. The number of rotatable bonds is 2. The first-order valence-electron chi connectivity index (χ1n) is 5.14. The molecule has 1 heterocycles. The Morgan fingerprint density at radius 3 is 2.65 bits per heavy atom. The Kier molecular flexibility index (Phi) is 3.67. The van der Waals surface area contributed by atoms with E-state index in [0.717, 1.165) is 11.3 Å². The van der Waals surface area contributed by atoms with E-state index >= 15 is 0 Å². The van der Waals surface area contributed by atoms with Gasteiger partial charge in [0.15, 0.2) is 0 Å². The molecule has 4 heteroatoms. The lowest BCUT2D eigenvalue weighted by Gasteiger charge is -2.15. The van der Waals surface area contributed by atoms with Gasteiger partial charge >= 0.3 is 0 Å². The molecule has 2 aromatic rings. The average molecular weight is 268 g/mol. The molecule has 0 saturated carbocycles. The van der Waals surface area contributed by atoms with Gasteiger partial charge in [-0.05, 0) is 31.2 Å². The minimum Gasteiger partial charge on any atom is -0.384 e. The van der Waals surface area contributed by atoms with Crippen molar-refractivity contribution in [1.82, 2.24) is 4.98 Å². The minimum absolute atomic E-state index is 0.491. The van der Waals surface area contributed by atoms with Gasteiger partial charge in [-0.25, -0.2) is 0 Å². The summed E-state index contributed by atoms with van der Waals surface area (Å²) in [4.78, 5) is 4.14. The first kappa shape index (κ1) is 12.4. The number of aromatic nitrogens is 1. The number of aliphatic hydroxyl groups is 1. The summed E-state index contributed by atoms with van der Waals surface area (Å²) in [6.45, 7) is 1.84. The van der Waals surface area contributed by atoms with E-state index in [1.807, 2.05) is 13.0 Å². The number of benzene rings is 1. The number of halogens is 2. The Morgan fingerprint density at radius 1 is 1.18 bits per heavy atom. The highest BCUT2D eigenvalue weighted by Crippen LogP contribution is 2.31. The molecule has 0 aliphatic heterocycles. The van der Waals surface area contributed by atoms with Gasteiger partial charge in [0.1, 0.15) is 6.10 Å². The number of nitrogens with zero attached hydrogens (tertiary/aromatic N) is 1. The van der Waals surface area contributed by atoms with Gasteiger partial charge in [0.2, 0.25) is 0 Å². The zero-order valence-electron chi connectivity index (χ0n) is 9.19. The highest BCUT2D eigenvalue weighted by atomic mass is 35.5. The predicted octanol–water partition coefficient (Wildman–Crippen LogP) is 3.78. The van der Waals surface area contributed by atoms with Crippen molar-refractivity contribution in [3.8, 4) is 0 Å². The minimum atomic E-state index is -0.810. The van der Waals surface area contributed by atoms with Crippen LogP contribution in [0.5, 0.6) is 0 Å². The molecule has 0 amide bonds. The summed E-state index contributed by atoms with van der Waals surface area (Å²) in [6, 6.07) is 8.64. The largest absolute Gasteiger partial charge is 0.384 e. The van der Waals surface area contributed by atoms with Gasteiger partial charge in [-0.1, -0.05) is 29.3 Å². The van der Waals surface area contributed by atoms with E-state index in [4.69, 9.17) is 23.2 Å². The van der Waals surface area contributed by atoms with Crippen molar-refractivity contribution in [1.29, 1.82) is 0 Å². The number of hydrogen-bond acceptors (Lipinski definition) is 2. The van der Waals surface area contributed by atoms with Crippen LogP contribution in [0, 0.1) is 6.92 Å². The van der Waals surface area contributed by atoms with Crippen molar-refractivity contribution >= 4 is 23.2 Å². The Balaban J connectivity index is 2.47. The zero-order chi connectivity index (χ0) is 12.4. The van der Waals surface area contributed by atoms with Crippen LogP contribution in [0.2, 0.25) is 10.0 Å². The van der Waals surface area contributed by atoms with Crippen LogP contribution in [-0.2, 0) is 0 Å². The first-order chi connectivity index (χ1) is 8.09. The van der Waals surface area contributed by atoms with Crippen LogP contribution in [0.4, 0.5) is 0 Å². The fourth-order valence-electron chi connectivity index (χ4n) is 1.68. The number of pyridine rings is 1. The second kappa shape index (κ2) is 5.05. The van der Waals surface area contributed by atoms with Crippen LogP contribution >= 0.6 is 23.2 Å². The maximum Gasteiger partial charge on any atom is 0.107 e. The third-order valence-corrected chi connectivity index (χ3v) is 3.17. The predicted molar refractivity (Wildman–Crippen MR) is 69.5 cm³/mol. The van der Waals surface area contributed by atoms with Crippen molar-refractivity contribution in [2.75, 3.05) is 0 Å². The lowest BCUT2D eigenvalue weighted by Crippen LogP contribution is -2.03. The third kappa shape index (κ3) is 2.60. The third-order valence-electron chi connectivity index (χ3n) is 2.60. The van der Waals surface area contributed by atoms with Gasteiger partial charge in [0.25, 0.3) is 0 Å². The van der Waals surface area contributed by atoms with Crippen molar-refractivity contribution in [2.24, 2.45) is 0 Å². The lowest BCUT2D eigenvalue weighted by molar-refractivity contribution is 0.219. The Bertz CT molecular complexity index is 543. The molecule has 1 atom stereocenters. The maximum absolute atomic E-state index is 10.3. The summed E-state index contributed by atoms with van der Waals surface area (Å²) in [5.41, 5.74) is 2.10. The molecule has 0 spiro atoms. The van der Waals surface area contributed by atoms with E-state index in [1.165, 1.54) is 0 Å². The van der Waals surface area contributed by atoms with Gasteiger partial charge < -0.3 is 5.11 Å². The summed E-state index contributed by atoms with van der Waals surface area (Å²) in [5.74, 6) is 0. The molecule has 1 N–H and O–H groups in total. The molecule has 0 radical (unpaired) electrons. The fraction of sp³-hybridized carbons (Fsp3) is 0.154. The van der Waals surface area contributed by atoms with Gasteiger partial charge in [0.05, 0.1) is 0 Å². The van der Waals surface area contributed by atoms with Crippen molar-refractivity contribution in [3.63, 3.8) is 0 Å². The van der Waals surface area contributed by atoms with E-state index in [9.17, 15) is 5.11 Å². The Labute approximate surface area is 110 Å². The van der Waals surface area contributed by atoms with Crippen LogP contribution in [0.15, 0.2) is 36.5 Å². The quantitative estimate of drug-likeness (QED) is 0.899. The van der Waals surface area contributed by atoms with Gasteiger partial charge in [-0.2, -0.15) is 0 Å². The number of aliphatic hydroxyl groups excluding tert-OH is 1. The average Bonchev–Trinajstić information content (AvgIpc) is 2.32.